The van der Waals surface area contributed by atoms with Gasteiger partial charge in [0.2, 0.25) is 12.2 Å². The Kier molecular flexibility index (Phi) is 9.25. The second kappa shape index (κ2) is 12.6. The second-order valence-electron chi connectivity index (χ2n) is 9.40. The minimum absolute atomic E-state index is 0.0434. The van der Waals surface area contributed by atoms with Gasteiger partial charge in [-0.15, -0.1) is 0 Å². The maximum absolute atomic E-state index is 12.3. The first-order chi connectivity index (χ1) is 19.1. The summed E-state index contributed by atoms with van der Waals surface area (Å²) >= 11 is 0. The topological polar surface area (TPSA) is 148 Å². The van der Waals surface area contributed by atoms with Crippen LogP contribution in [0.15, 0.2) is 42.5 Å². The fourth-order valence-electron chi connectivity index (χ4n) is 4.64. The number of carboxylic acids is 1. The van der Waals surface area contributed by atoms with Gasteiger partial charge in [-0.05, 0) is 38.1 Å². The molecule has 2 N–H and O–H groups in total. The van der Waals surface area contributed by atoms with Crippen molar-refractivity contribution in [1.82, 2.24) is 5.32 Å². The number of hydrogen-bond acceptors (Lipinski definition) is 10. The summed E-state index contributed by atoms with van der Waals surface area (Å²) in [7, 11) is 2.96. The lowest BCUT2D eigenvalue weighted by Gasteiger charge is -2.49. The summed E-state index contributed by atoms with van der Waals surface area (Å²) in [6, 6.07) is 10.8. The quantitative estimate of drug-likeness (QED) is 0.414. The molecule has 0 aromatic heterocycles. The van der Waals surface area contributed by atoms with E-state index in [1.165, 1.54) is 41.1 Å². The van der Waals surface area contributed by atoms with E-state index in [1.807, 2.05) is 12.1 Å². The van der Waals surface area contributed by atoms with E-state index in [2.05, 4.69) is 5.32 Å². The van der Waals surface area contributed by atoms with E-state index in [4.69, 9.17) is 33.2 Å². The molecule has 2 aliphatic heterocycles. The zero-order valence-corrected chi connectivity index (χ0v) is 22.8. The normalized spacial score (nSPS) is 26.6. The number of rotatable bonds is 10. The lowest BCUT2D eigenvalue weighted by atomic mass is 9.95. The van der Waals surface area contributed by atoms with Gasteiger partial charge in [-0.2, -0.15) is 0 Å². The van der Waals surface area contributed by atoms with Crippen LogP contribution in [-0.2, 0) is 28.5 Å². The first-order valence-corrected chi connectivity index (χ1v) is 12.7. The Morgan fingerprint density at radius 3 is 2.38 bits per heavy atom. The molecule has 7 atom stereocenters. The van der Waals surface area contributed by atoms with Crippen molar-refractivity contribution in [2.45, 2.75) is 63.8 Å². The smallest absolute Gasteiger partial charge is 0.332 e. The highest BCUT2D eigenvalue weighted by atomic mass is 16.8. The molecular formula is C28H33NO11. The predicted molar refractivity (Wildman–Crippen MR) is 138 cm³/mol. The summed E-state index contributed by atoms with van der Waals surface area (Å²) in [6.07, 6.45) is -5.92. The molecule has 0 radical (unpaired) electrons. The summed E-state index contributed by atoms with van der Waals surface area (Å²) < 4.78 is 41.5. The molecule has 0 spiro atoms. The largest absolute Gasteiger partial charge is 0.496 e. The number of carbonyl (C=O) groups is 3. The van der Waals surface area contributed by atoms with Gasteiger partial charge in [-0.3, -0.25) is 9.59 Å². The van der Waals surface area contributed by atoms with Crippen molar-refractivity contribution >= 4 is 17.7 Å². The van der Waals surface area contributed by atoms with Gasteiger partial charge in [0.1, 0.15) is 30.1 Å². The molecule has 12 nitrogen and oxygen atoms in total. The van der Waals surface area contributed by atoms with Crippen LogP contribution in [0.2, 0.25) is 0 Å². The Hall–Kier alpha value is -3.71. The zero-order chi connectivity index (χ0) is 29.0. The van der Waals surface area contributed by atoms with Gasteiger partial charge in [-0.25, -0.2) is 4.79 Å². The lowest BCUT2D eigenvalue weighted by Crippen LogP contribution is -2.68. The summed E-state index contributed by atoms with van der Waals surface area (Å²) in [5, 5.41) is 12.4. The van der Waals surface area contributed by atoms with E-state index >= 15 is 0 Å². The molecule has 2 aliphatic rings. The van der Waals surface area contributed by atoms with Crippen LogP contribution in [-0.4, -0.2) is 80.3 Å². The molecule has 0 saturated carbocycles. The van der Waals surface area contributed by atoms with Crippen molar-refractivity contribution in [3.05, 3.63) is 53.6 Å². The molecule has 2 aromatic carbocycles. The number of fused-ring (bicyclic) bond motifs is 1. The number of Topliss-reactive ketones (excluding diaryl/α,β-unsaturated/α-hetero) is 1. The molecule has 2 aromatic rings. The first kappa shape index (κ1) is 29.3. The van der Waals surface area contributed by atoms with Gasteiger partial charge < -0.3 is 43.6 Å². The Balaban J connectivity index is 1.69. The van der Waals surface area contributed by atoms with Crippen molar-refractivity contribution < 1.29 is 52.6 Å². The van der Waals surface area contributed by atoms with Gasteiger partial charge in [0.15, 0.2) is 29.7 Å². The van der Waals surface area contributed by atoms with Gasteiger partial charge in [0.05, 0.1) is 20.8 Å². The Morgan fingerprint density at radius 2 is 1.73 bits per heavy atom. The highest BCUT2D eigenvalue weighted by Crippen LogP contribution is 2.40. The van der Waals surface area contributed by atoms with Crippen LogP contribution in [0.5, 0.6) is 17.2 Å². The van der Waals surface area contributed by atoms with Crippen LogP contribution < -0.4 is 19.5 Å². The van der Waals surface area contributed by atoms with E-state index in [0.717, 1.165) is 0 Å². The maximum atomic E-state index is 12.3. The maximum Gasteiger partial charge on any atom is 0.332 e. The standard InChI is InChI=1S/C28H33NO11/c1-14(30)17-10-11-20(21(12-17)35-5)38-28-23(29-16(3)31)25(37-15(2)26(32)33)24-22(39-28)13-36-27(40-24)18-8-6-7-9-19(18)34-4/h6-12,15,22-25,27-28H,13H2,1-5H3,(H,29,31)(H,32,33). The number of carboxylic acid groups (broad SMARTS) is 1. The van der Waals surface area contributed by atoms with Crippen LogP contribution in [0.1, 0.15) is 43.0 Å². The van der Waals surface area contributed by atoms with E-state index in [1.54, 1.807) is 24.3 Å². The molecule has 0 bridgehead atoms. The Bertz CT molecular complexity index is 1230. The van der Waals surface area contributed by atoms with E-state index in [9.17, 15) is 19.5 Å². The van der Waals surface area contributed by atoms with E-state index < -0.39 is 54.9 Å². The van der Waals surface area contributed by atoms with Crippen LogP contribution >= 0.6 is 0 Å². The monoisotopic (exact) mass is 559 g/mol. The molecule has 2 saturated heterocycles. The molecule has 4 rings (SSSR count). The highest BCUT2D eigenvalue weighted by molar-refractivity contribution is 5.94. The SMILES string of the molecule is COc1cc(C(C)=O)ccc1OC1OC2COC(c3ccccc3OC)OC2C(OC(C)C(=O)O)C1NC(C)=O. The summed E-state index contributed by atoms with van der Waals surface area (Å²) in [6.45, 7) is 4.17. The van der Waals surface area contributed by atoms with Crippen molar-refractivity contribution in [3.8, 4) is 17.2 Å². The molecule has 7 unspecified atom stereocenters. The molecule has 1 amide bonds. The number of aliphatic carboxylic acids is 1. The fraction of sp³-hybridized carbons (Fsp3) is 0.464. The predicted octanol–water partition coefficient (Wildman–Crippen LogP) is 2.49. The zero-order valence-electron chi connectivity index (χ0n) is 22.8. The average Bonchev–Trinajstić information content (AvgIpc) is 2.94. The van der Waals surface area contributed by atoms with Crippen LogP contribution in [0, 0.1) is 0 Å². The fourth-order valence-corrected chi connectivity index (χ4v) is 4.64. The summed E-state index contributed by atoms with van der Waals surface area (Å²) in [4.78, 5) is 35.9. The molecule has 12 heteroatoms. The minimum atomic E-state index is -1.25. The minimum Gasteiger partial charge on any atom is -0.496 e. The Labute approximate surface area is 231 Å². The number of nitrogens with one attached hydrogen (secondary N) is 1. The molecule has 216 valence electrons. The number of methoxy groups -OCH3 is 2. The summed E-state index contributed by atoms with van der Waals surface area (Å²) in [5.74, 6) is -0.735. The van der Waals surface area contributed by atoms with Crippen molar-refractivity contribution in [2.75, 3.05) is 20.8 Å². The number of ketones is 1. The molecular weight excluding hydrogens is 526 g/mol. The van der Waals surface area contributed by atoms with Gasteiger partial charge in [0, 0.05) is 18.1 Å². The molecule has 2 heterocycles. The number of para-hydroxylation sites is 1. The van der Waals surface area contributed by atoms with Gasteiger partial charge in [-0.1, -0.05) is 18.2 Å². The molecule has 0 aliphatic carbocycles. The number of benzene rings is 2. The lowest BCUT2D eigenvalue weighted by molar-refractivity contribution is -0.340. The van der Waals surface area contributed by atoms with Crippen molar-refractivity contribution in [1.29, 1.82) is 0 Å². The average molecular weight is 560 g/mol. The number of ether oxygens (including phenoxy) is 7. The van der Waals surface area contributed by atoms with E-state index in [-0.39, 0.29) is 23.9 Å². The first-order valence-electron chi connectivity index (χ1n) is 12.7. The van der Waals surface area contributed by atoms with Crippen molar-refractivity contribution in [3.63, 3.8) is 0 Å². The van der Waals surface area contributed by atoms with E-state index in [0.29, 0.717) is 16.9 Å². The third kappa shape index (κ3) is 6.36. The second-order valence-corrected chi connectivity index (χ2v) is 9.40. The van der Waals surface area contributed by atoms with Crippen LogP contribution in [0.4, 0.5) is 0 Å². The highest BCUT2D eigenvalue weighted by Gasteiger charge is 2.53. The summed E-state index contributed by atoms with van der Waals surface area (Å²) in [5.41, 5.74) is 1.04. The Morgan fingerprint density at radius 1 is 1.00 bits per heavy atom. The van der Waals surface area contributed by atoms with Crippen molar-refractivity contribution in [2.24, 2.45) is 0 Å². The number of carbonyl (C=O) groups excluding carboxylic acids is 2. The molecule has 40 heavy (non-hydrogen) atoms. The van der Waals surface area contributed by atoms with Crippen LogP contribution in [0.3, 0.4) is 0 Å². The number of amides is 1. The van der Waals surface area contributed by atoms with Gasteiger partial charge in [0.25, 0.3) is 0 Å². The van der Waals surface area contributed by atoms with Gasteiger partial charge >= 0.3 is 5.97 Å². The third-order valence-electron chi connectivity index (χ3n) is 6.62. The molecule has 2 fully saturated rings. The number of hydrogen-bond donors (Lipinski definition) is 2. The third-order valence-corrected chi connectivity index (χ3v) is 6.62. The van der Waals surface area contributed by atoms with Crippen LogP contribution in [0.25, 0.3) is 0 Å².